The van der Waals surface area contributed by atoms with Gasteiger partial charge in [-0.05, 0) is 20.4 Å². The van der Waals surface area contributed by atoms with Crippen LogP contribution < -0.4 is 0 Å². The van der Waals surface area contributed by atoms with Crippen LogP contribution in [0, 0.1) is 0 Å². The highest BCUT2D eigenvalue weighted by Gasteiger charge is 2.37. The summed E-state index contributed by atoms with van der Waals surface area (Å²) in [7, 11) is 0. The van der Waals surface area contributed by atoms with Gasteiger partial charge in [-0.3, -0.25) is 14.5 Å². The van der Waals surface area contributed by atoms with E-state index in [1.54, 1.807) is 6.92 Å². The predicted molar refractivity (Wildman–Crippen MR) is 91.0 cm³/mol. The van der Waals surface area contributed by atoms with Gasteiger partial charge in [-0.1, -0.05) is 18.7 Å². The van der Waals surface area contributed by atoms with Crippen molar-refractivity contribution in [1.82, 2.24) is 14.7 Å². The van der Waals surface area contributed by atoms with Gasteiger partial charge >= 0.3 is 0 Å². The fraction of sp³-hybridized carbons (Fsp3) is 0.875. The zero-order valence-corrected chi connectivity index (χ0v) is 15.1. The second-order valence-corrected chi connectivity index (χ2v) is 8.42. The number of likely N-dealkylation sites (N-methyl/N-ethyl adjacent to an activating group) is 1. The zero-order valence-electron chi connectivity index (χ0n) is 14.3. The Morgan fingerprint density at radius 2 is 1.91 bits per heavy atom. The molecule has 126 valence electrons. The van der Waals surface area contributed by atoms with E-state index in [1.165, 1.54) is 11.8 Å². The third kappa shape index (κ3) is 4.46. The molecule has 0 bridgehead atoms. The first-order chi connectivity index (χ1) is 10.3. The van der Waals surface area contributed by atoms with Crippen LogP contribution in [0.5, 0.6) is 0 Å². The quantitative estimate of drug-likeness (QED) is 0.761. The highest BCUT2D eigenvalue weighted by atomic mass is 32.2. The van der Waals surface area contributed by atoms with Gasteiger partial charge in [-0.2, -0.15) is 0 Å². The molecule has 6 heteroatoms. The van der Waals surface area contributed by atoms with Gasteiger partial charge in [0, 0.05) is 63.4 Å². The lowest BCUT2D eigenvalue weighted by Crippen LogP contribution is -2.58. The number of hydrogen-bond donors (Lipinski definition) is 0. The van der Waals surface area contributed by atoms with Gasteiger partial charge in [0.1, 0.15) is 0 Å². The van der Waals surface area contributed by atoms with E-state index in [-0.39, 0.29) is 21.8 Å². The Balaban J connectivity index is 1.89. The molecule has 0 radical (unpaired) electrons. The van der Waals surface area contributed by atoms with Crippen molar-refractivity contribution in [3.05, 3.63) is 0 Å². The van der Waals surface area contributed by atoms with Crippen molar-refractivity contribution < 1.29 is 9.59 Å². The summed E-state index contributed by atoms with van der Waals surface area (Å²) < 4.78 is 0. The van der Waals surface area contributed by atoms with Gasteiger partial charge in [-0.25, -0.2) is 0 Å². The topological polar surface area (TPSA) is 43.9 Å². The number of hydrogen-bond acceptors (Lipinski definition) is 5. The highest BCUT2D eigenvalue weighted by Crippen LogP contribution is 2.27. The van der Waals surface area contributed by atoms with Crippen molar-refractivity contribution in [3.63, 3.8) is 0 Å². The lowest BCUT2D eigenvalue weighted by molar-refractivity contribution is -0.129. The summed E-state index contributed by atoms with van der Waals surface area (Å²) in [4.78, 5) is 30.3. The Morgan fingerprint density at radius 3 is 2.45 bits per heavy atom. The Morgan fingerprint density at radius 1 is 1.27 bits per heavy atom. The Hall–Kier alpha value is -0.590. The molecule has 2 heterocycles. The molecule has 2 aliphatic heterocycles. The smallest absolute Gasteiger partial charge is 0.223 e. The average Bonchev–Trinajstić information content (AvgIpc) is 2.77. The molecule has 0 aliphatic carbocycles. The monoisotopic (exact) mass is 327 g/mol. The molecule has 2 aliphatic rings. The average molecular weight is 327 g/mol. The van der Waals surface area contributed by atoms with E-state index < -0.39 is 0 Å². The Labute approximate surface area is 138 Å². The van der Waals surface area contributed by atoms with Crippen molar-refractivity contribution >= 4 is 22.8 Å². The summed E-state index contributed by atoms with van der Waals surface area (Å²) >= 11 is 1.31. The minimum atomic E-state index is -0.00866. The van der Waals surface area contributed by atoms with E-state index in [9.17, 15) is 9.59 Å². The van der Waals surface area contributed by atoms with Crippen molar-refractivity contribution in [2.24, 2.45) is 0 Å². The predicted octanol–water partition coefficient (Wildman–Crippen LogP) is 1.28. The number of piperazine rings is 1. The molecule has 0 spiro atoms. The SMILES string of the molecule is CCN1CCN(C(C)(C)CN2CC(SC(C)=O)CC2=O)CC1. The summed E-state index contributed by atoms with van der Waals surface area (Å²) in [6.45, 7) is 15.2. The van der Waals surface area contributed by atoms with Crippen LogP contribution in [0.4, 0.5) is 0 Å². The number of carbonyl (C=O) groups excluding carboxylic acids is 2. The third-order valence-electron chi connectivity index (χ3n) is 4.77. The summed E-state index contributed by atoms with van der Waals surface area (Å²) in [5, 5.41) is 0.243. The fourth-order valence-corrected chi connectivity index (χ4v) is 4.39. The summed E-state index contributed by atoms with van der Waals surface area (Å²) in [6, 6.07) is 0. The number of thioether (sulfide) groups is 1. The van der Waals surface area contributed by atoms with Crippen LogP contribution in [0.2, 0.25) is 0 Å². The fourth-order valence-electron chi connectivity index (χ4n) is 3.44. The Bertz CT molecular complexity index is 420. The van der Waals surface area contributed by atoms with Crippen LogP contribution in [0.15, 0.2) is 0 Å². The maximum Gasteiger partial charge on any atom is 0.223 e. The van der Waals surface area contributed by atoms with Gasteiger partial charge in [0.2, 0.25) is 5.91 Å². The molecule has 5 nitrogen and oxygen atoms in total. The molecular formula is C16H29N3O2S. The van der Waals surface area contributed by atoms with E-state index in [0.717, 1.165) is 39.3 Å². The minimum absolute atomic E-state index is 0.00866. The summed E-state index contributed by atoms with van der Waals surface area (Å²) in [5.41, 5.74) is -0.00866. The molecule has 1 amide bonds. The standard InChI is InChI=1S/C16H29N3O2S/c1-5-17-6-8-19(9-7-17)16(3,4)12-18-11-14(10-15(18)21)22-13(2)20/h14H,5-12H2,1-4H3. The maximum absolute atomic E-state index is 12.2. The lowest BCUT2D eigenvalue weighted by Gasteiger charge is -2.45. The number of likely N-dealkylation sites (tertiary alicyclic amines) is 1. The first-order valence-electron chi connectivity index (χ1n) is 8.24. The van der Waals surface area contributed by atoms with E-state index in [1.807, 2.05) is 4.90 Å². The summed E-state index contributed by atoms with van der Waals surface area (Å²) in [6.07, 6.45) is 0.504. The zero-order chi connectivity index (χ0) is 16.3. The van der Waals surface area contributed by atoms with E-state index >= 15 is 0 Å². The molecule has 0 aromatic rings. The van der Waals surface area contributed by atoms with E-state index in [4.69, 9.17) is 0 Å². The second kappa shape index (κ2) is 7.32. The molecule has 0 saturated carbocycles. The number of amides is 1. The normalized spacial score (nSPS) is 25.0. The van der Waals surface area contributed by atoms with Crippen LogP contribution in [0.25, 0.3) is 0 Å². The van der Waals surface area contributed by atoms with E-state index in [2.05, 4.69) is 30.6 Å². The molecule has 2 fully saturated rings. The molecular weight excluding hydrogens is 298 g/mol. The van der Waals surface area contributed by atoms with Crippen LogP contribution in [-0.4, -0.2) is 82.3 Å². The maximum atomic E-state index is 12.2. The van der Waals surface area contributed by atoms with Gasteiger partial charge in [0.15, 0.2) is 5.12 Å². The summed E-state index contributed by atoms with van der Waals surface area (Å²) in [5.74, 6) is 0.194. The van der Waals surface area contributed by atoms with Crippen LogP contribution in [0.3, 0.4) is 0 Å². The van der Waals surface area contributed by atoms with Crippen molar-refractivity contribution in [2.75, 3.05) is 45.8 Å². The Kier molecular flexibility index (Phi) is 5.91. The van der Waals surface area contributed by atoms with Gasteiger partial charge in [0.05, 0.1) is 0 Å². The van der Waals surface area contributed by atoms with E-state index in [0.29, 0.717) is 13.0 Å². The first kappa shape index (κ1) is 17.8. The van der Waals surface area contributed by atoms with Crippen molar-refractivity contribution in [3.8, 4) is 0 Å². The molecule has 2 saturated heterocycles. The number of carbonyl (C=O) groups is 2. The highest BCUT2D eigenvalue weighted by molar-refractivity contribution is 8.14. The van der Waals surface area contributed by atoms with Crippen molar-refractivity contribution in [2.45, 2.75) is 44.9 Å². The van der Waals surface area contributed by atoms with Gasteiger partial charge < -0.3 is 9.80 Å². The van der Waals surface area contributed by atoms with Crippen LogP contribution in [0.1, 0.15) is 34.1 Å². The lowest BCUT2D eigenvalue weighted by atomic mass is 10.0. The van der Waals surface area contributed by atoms with Crippen molar-refractivity contribution in [1.29, 1.82) is 0 Å². The molecule has 0 aromatic carbocycles. The minimum Gasteiger partial charge on any atom is -0.340 e. The molecule has 2 rings (SSSR count). The van der Waals surface area contributed by atoms with Crippen LogP contribution in [-0.2, 0) is 9.59 Å². The molecule has 1 unspecified atom stereocenters. The van der Waals surface area contributed by atoms with Gasteiger partial charge in [0.25, 0.3) is 0 Å². The molecule has 1 atom stereocenters. The third-order valence-corrected chi connectivity index (χ3v) is 5.75. The van der Waals surface area contributed by atoms with Gasteiger partial charge in [-0.15, -0.1) is 0 Å². The second-order valence-electron chi connectivity index (χ2n) is 6.94. The van der Waals surface area contributed by atoms with Crippen LogP contribution >= 0.6 is 11.8 Å². The molecule has 0 aromatic heterocycles. The number of nitrogens with zero attached hydrogens (tertiary/aromatic N) is 3. The first-order valence-corrected chi connectivity index (χ1v) is 9.12. The largest absolute Gasteiger partial charge is 0.340 e. The number of rotatable bonds is 5. The molecule has 0 N–H and O–H groups in total. The molecule has 22 heavy (non-hydrogen) atoms.